The number of benzene rings is 1. The highest BCUT2D eigenvalue weighted by Crippen LogP contribution is 2.25. The lowest BCUT2D eigenvalue weighted by molar-refractivity contribution is -0.116. The van der Waals surface area contributed by atoms with E-state index in [1.54, 1.807) is 13.8 Å². The number of hydrogen-bond donors (Lipinski definition) is 0. The van der Waals surface area contributed by atoms with Gasteiger partial charge in [-0.15, -0.1) is 0 Å². The molecule has 0 N–H and O–H groups in total. The van der Waals surface area contributed by atoms with Gasteiger partial charge in [0.25, 0.3) is 0 Å². The summed E-state index contributed by atoms with van der Waals surface area (Å²) in [5.41, 5.74) is 2.02. The molecule has 1 aromatic rings. The number of carbonyl (C=O) groups excluding carboxylic acids is 1. The third kappa shape index (κ3) is 2.13. The van der Waals surface area contributed by atoms with E-state index in [4.69, 9.17) is 11.6 Å². The minimum atomic E-state index is -0.350. The third-order valence-electron chi connectivity index (χ3n) is 2.30. The highest BCUT2D eigenvalue weighted by molar-refractivity contribution is 6.31. The van der Waals surface area contributed by atoms with E-state index in [1.165, 1.54) is 13.0 Å². The van der Waals surface area contributed by atoms with Crippen LogP contribution in [0.25, 0.3) is 0 Å². The van der Waals surface area contributed by atoms with Crippen LogP contribution in [-0.4, -0.2) is 5.78 Å². The second-order valence-corrected chi connectivity index (χ2v) is 3.85. The second kappa shape index (κ2) is 4.09. The van der Waals surface area contributed by atoms with E-state index >= 15 is 0 Å². The minimum absolute atomic E-state index is 0.0119. The van der Waals surface area contributed by atoms with Crippen molar-refractivity contribution in [3.63, 3.8) is 0 Å². The molecule has 14 heavy (non-hydrogen) atoms. The van der Waals surface area contributed by atoms with Gasteiger partial charge in [0.2, 0.25) is 0 Å². The van der Waals surface area contributed by atoms with E-state index in [2.05, 4.69) is 0 Å². The number of halogens is 2. The summed E-state index contributed by atoms with van der Waals surface area (Å²) in [5.74, 6) is -0.338. The van der Waals surface area contributed by atoms with Crippen molar-refractivity contribution in [2.24, 2.45) is 0 Å². The standard InChI is InChI=1S/C11H12ClFO/c1-6(14)4-9-7(2)10(12)5-11(13)8(9)3/h5H,4H2,1-3H3. The molecule has 0 spiro atoms. The Labute approximate surface area is 87.9 Å². The Bertz CT molecular complexity index is 359. The maximum Gasteiger partial charge on any atom is 0.134 e. The maximum absolute atomic E-state index is 13.3. The quantitative estimate of drug-likeness (QED) is 0.739. The van der Waals surface area contributed by atoms with Gasteiger partial charge in [-0.1, -0.05) is 11.6 Å². The van der Waals surface area contributed by atoms with E-state index in [9.17, 15) is 9.18 Å². The summed E-state index contributed by atoms with van der Waals surface area (Å²) in [6.07, 6.45) is 0.245. The molecule has 0 atom stereocenters. The fourth-order valence-corrected chi connectivity index (χ4v) is 1.62. The van der Waals surface area contributed by atoms with Crippen LogP contribution in [0, 0.1) is 19.7 Å². The van der Waals surface area contributed by atoms with Gasteiger partial charge in [-0.2, -0.15) is 0 Å². The molecular weight excluding hydrogens is 203 g/mol. The Morgan fingerprint density at radius 1 is 1.43 bits per heavy atom. The van der Waals surface area contributed by atoms with Crippen LogP contribution in [0.2, 0.25) is 5.02 Å². The SMILES string of the molecule is CC(=O)Cc1c(C)c(F)cc(Cl)c1C. The van der Waals surface area contributed by atoms with Crippen molar-refractivity contribution in [3.8, 4) is 0 Å². The molecule has 0 unspecified atom stereocenters. The molecule has 0 aliphatic carbocycles. The molecule has 0 heterocycles. The summed E-state index contributed by atoms with van der Waals surface area (Å²) in [6.45, 7) is 4.95. The number of ketones is 1. The van der Waals surface area contributed by atoms with Crippen LogP contribution in [0.1, 0.15) is 23.6 Å². The molecule has 1 nitrogen and oxygen atoms in total. The lowest BCUT2D eigenvalue weighted by Gasteiger charge is -2.10. The smallest absolute Gasteiger partial charge is 0.134 e. The van der Waals surface area contributed by atoms with Gasteiger partial charge in [0.15, 0.2) is 0 Å². The zero-order chi connectivity index (χ0) is 10.9. The molecule has 1 aromatic carbocycles. The fraction of sp³-hybridized carbons (Fsp3) is 0.364. The zero-order valence-electron chi connectivity index (χ0n) is 8.45. The van der Waals surface area contributed by atoms with Crippen LogP contribution in [-0.2, 0) is 11.2 Å². The van der Waals surface area contributed by atoms with Gasteiger partial charge >= 0.3 is 0 Å². The molecular formula is C11H12ClFO. The summed E-state index contributed by atoms with van der Waals surface area (Å²) < 4.78 is 13.3. The lowest BCUT2D eigenvalue weighted by atomic mass is 9.98. The Morgan fingerprint density at radius 3 is 2.50 bits per heavy atom. The largest absolute Gasteiger partial charge is 0.300 e. The van der Waals surface area contributed by atoms with Crippen molar-refractivity contribution in [2.45, 2.75) is 27.2 Å². The predicted molar refractivity (Wildman–Crippen MR) is 55.3 cm³/mol. The molecule has 0 amide bonds. The second-order valence-electron chi connectivity index (χ2n) is 3.45. The van der Waals surface area contributed by atoms with Crippen molar-refractivity contribution < 1.29 is 9.18 Å². The normalized spacial score (nSPS) is 10.4. The van der Waals surface area contributed by atoms with Gasteiger partial charge in [0, 0.05) is 11.4 Å². The summed E-state index contributed by atoms with van der Waals surface area (Å²) in [4.78, 5) is 11.0. The first kappa shape index (κ1) is 11.2. The predicted octanol–water partition coefficient (Wildman–Crippen LogP) is 3.23. The average molecular weight is 215 g/mol. The Kier molecular flexibility index (Phi) is 3.27. The molecule has 0 aromatic heterocycles. The maximum atomic E-state index is 13.3. The molecule has 0 fully saturated rings. The van der Waals surface area contributed by atoms with Crippen LogP contribution in [0.5, 0.6) is 0 Å². The van der Waals surface area contributed by atoms with Crippen LogP contribution in [0.4, 0.5) is 4.39 Å². The molecule has 1 rings (SSSR count). The highest BCUT2D eigenvalue weighted by Gasteiger charge is 2.12. The molecule has 3 heteroatoms. The van der Waals surface area contributed by atoms with Crippen LogP contribution in [0.15, 0.2) is 6.07 Å². The lowest BCUT2D eigenvalue weighted by Crippen LogP contribution is -2.04. The van der Waals surface area contributed by atoms with Crippen molar-refractivity contribution in [1.29, 1.82) is 0 Å². The summed E-state index contributed by atoms with van der Waals surface area (Å²) in [5, 5.41) is 0.379. The topological polar surface area (TPSA) is 17.1 Å². The first-order chi connectivity index (χ1) is 6.43. The molecule has 0 saturated heterocycles. The monoisotopic (exact) mass is 214 g/mol. The molecule has 0 bridgehead atoms. The van der Waals surface area contributed by atoms with E-state index in [0.717, 1.165) is 5.56 Å². The van der Waals surface area contributed by atoms with Crippen LogP contribution < -0.4 is 0 Å². The Balaban J connectivity index is 3.31. The van der Waals surface area contributed by atoms with Gasteiger partial charge in [-0.05, 0) is 43.5 Å². The van der Waals surface area contributed by atoms with E-state index < -0.39 is 0 Å². The number of Topliss-reactive ketones (excluding diaryl/α,β-unsaturated/α-hetero) is 1. The first-order valence-corrected chi connectivity index (χ1v) is 4.74. The molecule has 0 aliphatic heterocycles. The summed E-state index contributed by atoms with van der Waals surface area (Å²) >= 11 is 5.82. The average Bonchev–Trinajstić information content (AvgIpc) is 2.09. The first-order valence-electron chi connectivity index (χ1n) is 4.37. The number of hydrogen-bond acceptors (Lipinski definition) is 1. The van der Waals surface area contributed by atoms with E-state index in [-0.39, 0.29) is 18.0 Å². The fourth-order valence-electron chi connectivity index (χ4n) is 1.41. The van der Waals surface area contributed by atoms with Gasteiger partial charge < -0.3 is 0 Å². The Morgan fingerprint density at radius 2 is 2.00 bits per heavy atom. The van der Waals surface area contributed by atoms with Crippen LogP contribution in [0.3, 0.4) is 0 Å². The Hall–Kier alpha value is -0.890. The summed E-state index contributed by atoms with van der Waals surface area (Å²) in [6, 6.07) is 1.29. The molecule has 0 aliphatic rings. The van der Waals surface area contributed by atoms with Crippen molar-refractivity contribution in [1.82, 2.24) is 0 Å². The number of carbonyl (C=O) groups is 1. The van der Waals surface area contributed by atoms with Gasteiger partial charge in [-0.3, -0.25) is 4.79 Å². The highest BCUT2D eigenvalue weighted by atomic mass is 35.5. The van der Waals surface area contributed by atoms with E-state index in [0.29, 0.717) is 16.1 Å². The van der Waals surface area contributed by atoms with Crippen molar-refractivity contribution in [3.05, 3.63) is 33.6 Å². The van der Waals surface area contributed by atoms with E-state index in [1.807, 2.05) is 0 Å². The van der Waals surface area contributed by atoms with Gasteiger partial charge in [0.1, 0.15) is 11.6 Å². The minimum Gasteiger partial charge on any atom is -0.300 e. The van der Waals surface area contributed by atoms with Gasteiger partial charge in [0.05, 0.1) is 0 Å². The number of rotatable bonds is 2. The third-order valence-corrected chi connectivity index (χ3v) is 2.69. The molecule has 76 valence electrons. The zero-order valence-corrected chi connectivity index (χ0v) is 9.20. The van der Waals surface area contributed by atoms with Gasteiger partial charge in [-0.25, -0.2) is 4.39 Å². The molecule has 0 saturated carbocycles. The van der Waals surface area contributed by atoms with Crippen molar-refractivity contribution >= 4 is 17.4 Å². The molecule has 0 radical (unpaired) electrons. The summed E-state index contributed by atoms with van der Waals surface area (Å²) in [7, 11) is 0. The van der Waals surface area contributed by atoms with Crippen LogP contribution >= 0.6 is 11.6 Å². The van der Waals surface area contributed by atoms with Crippen molar-refractivity contribution in [2.75, 3.05) is 0 Å².